The molecule has 0 amide bonds. The van der Waals surface area contributed by atoms with Gasteiger partial charge in [0.2, 0.25) is 0 Å². The largest absolute Gasteiger partial charge is 0.207 e. The van der Waals surface area contributed by atoms with E-state index in [0.29, 0.717) is 6.42 Å². The Bertz CT molecular complexity index is 556. The number of benzene rings is 1. The summed E-state index contributed by atoms with van der Waals surface area (Å²) in [6.45, 7) is 0. The summed E-state index contributed by atoms with van der Waals surface area (Å²) >= 11 is 10.3. The van der Waals surface area contributed by atoms with Crippen LogP contribution in [0, 0.1) is 5.82 Å². The molecule has 0 nitrogen and oxygen atoms in total. The molecule has 0 N–H and O–H groups in total. The number of hydrogen-bond acceptors (Lipinski definition) is 2. The first-order valence-corrected chi connectivity index (χ1v) is 8.71. The van der Waals surface area contributed by atoms with E-state index in [9.17, 15) is 4.39 Å². The molecule has 1 aliphatic heterocycles. The molecular weight excluding hydrogens is 299 g/mol. The van der Waals surface area contributed by atoms with Crippen LogP contribution in [0.15, 0.2) is 30.3 Å². The zero-order valence-electron chi connectivity index (χ0n) is 10.4. The summed E-state index contributed by atoms with van der Waals surface area (Å²) in [4.78, 5) is 2.71. The second-order valence-electron chi connectivity index (χ2n) is 4.70. The zero-order valence-corrected chi connectivity index (χ0v) is 12.8. The summed E-state index contributed by atoms with van der Waals surface area (Å²) in [6, 6.07) is 8.95. The molecule has 1 aliphatic rings. The van der Waals surface area contributed by atoms with Gasteiger partial charge >= 0.3 is 0 Å². The molecule has 3 rings (SSSR count). The lowest BCUT2D eigenvalue weighted by Gasteiger charge is -2.08. The fraction of sp³-hybridized carbons (Fsp3) is 0.333. The topological polar surface area (TPSA) is 0 Å². The average molecular weight is 313 g/mol. The maximum Gasteiger partial charge on any atom is 0.123 e. The van der Waals surface area contributed by atoms with E-state index in [0.717, 1.165) is 17.7 Å². The predicted octanol–water partition coefficient (Wildman–Crippen LogP) is 5.20. The Kier molecular flexibility index (Phi) is 4.15. The molecule has 100 valence electrons. The Hall–Kier alpha value is -0.510. The van der Waals surface area contributed by atoms with Crippen LogP contribution in [-0.2, 0) is 18.6 Å². The van der Waals surface area contributed by atoms with Crippen molar-refractivity contribution in [2.45, 2.75) is 24.0 Å². The van der Waals surface area contributed by atoms with E-state index in [1.54, 1.807) is 12.1 Å². The van der Waals surface area contributed by atoms with E-state index in [4.69, 9.17) is 11.6 Å². The molecule has 0 saturated heterocycles. The van der Waals surface area contributed by atoms with Gasteiger partial charge in [-0.25, -0.2) is 4.39 Å². The van der Waals surface area contributed by atoms with Gasteiger partial charge in [0.05, 0.1) is 5.38 Å². The lowest BCUT2D eigenvalue weighted by Crippen LogP contribution is -1.96. The molecule has 1 atom stereocenters. The molecule has 2 aromatic rings. The van der Waals surface area contributed by atoms with Crippen molar-refractivity contribution in [3.63, 3.8) is 0 Å². The number of aryl methyl sites for hydroxylation is 1. The third-order valence-corrected chi connectivity index (χ3v) is 6.14. The van der Waals surface area contributed by atoms with Crippen LogP contribution < -0.4 is 0 Å². The second kappa shape index (κ2) is 5.86. The van der Waals surface area contributed by atoms with Gasteiger partial charge in [0.15, 0.2) is 0 Å². The van der Waals surface area contributed by atoms with Crippen LogP contribution in [0.5, 0.6) is 0 Å². The fourth-order valence-corrected chi connectivity index (χ4v) is 5.02. The van der Waals surface area contributed by atoms with Crippen molar-refractivity contribution in [1.82, 2.24) is 0 Å². The smallest absolute Gasteiger partial charge is 0.123 e. The quantitative estimate of drug-likeness (QED) is 0.702. The van der Waals surface area contributed by atoms with Crippen LogP contribution in [0.2, 0.25) is 0 Å². The van der Waals surface area contributed by atoms with Crippen LogP contribution in [0.4, 0.5) is 4.39 Å². The zero-order chi connectivity index (χ0) is 13.2. The van der Waals surface area contributed by atoms with Crippen molar-refractivity contribution in [3.8, 4) is 0 Å². The summed E-state index contributed by atoms with van der Waals surface area (Å²) in [6.07, 6.45) is 1.85. The molecule has 19 heavy (non-hydrogen) atoms. The summed E-state index contributed by atoms with van der Waals surface area (Å²) in [5.41, 5.74) is 2.40. The molecule has 0 aliphatic carbocycles. The van der Waals surface area contributed by atoms with Crippen molar-refractivity contribution in [2.75, 3.05) is 5.75 Å². The molecule has 1 aromatic carbocycles. The Balaban J connectivity index is 1.76. The number of hydrogen-bond donors (Lipinski definition) is 0. The highest BCUT2D eigenvalue weighted by molar-refractivity contribution is 7.98. The summed E-state index contributed by atoms with van der Waals surface area (Å²) in [5, 5.41) is -0.0533. The van der Waals surface area contributed by atoms with Crippen LogP contribution in [0.1, 0.15) is 26.3 Å². The van der Waals surface area contributed by atoms with E-state index in [1.165, 1.54) is 27.1 Å². The molecule has 4 heteroatoms. The van der Waals surface area contributed by atoms with Crippen LogP contribution in [0.3, 0.4) is 0 Å². The van der Waals surface area contributed by atoms with Gasteiger partial charge in [-0.2, -0.15) is 11.8 Å². The number of halogens is 2. The Labute approximate surface area is 126 Å². The first-order valence-electron chi connectivity index (χ1n) is 6.30. The molecule has 1 aromatic heterocycles. The van der Waals surface area contributed by atoms with Crippen molar-refractivity contribution in [3.05, 3.63) is 57.0 Å². The van der Waals surface area contributed by atoms with Gasteiger partial charge in [0.25, 0.3) is 0 Å². The first-order chi connectivity index (χ1) is 9.22. The average Bonchev–Trinajstić information content (AvgIpc) is 2.82. The highest BCUT2D eigenvalue weighted by Gasteiger charge is 2.18. The van der Waals surface area contributed by atoms with Gasteiger partial charge < -0.3 is 0 Å². The third kappa shape index (κ3) is 3.15. The molecule has 2 heterocycles. The standard InChI is InChI=1S/C15H14ClFS2/c16-13(7-10-2-1-3-12(17)6-10)15-8-11-9-18-5-4-14(11)19-15/h1-3,6,8,13H,4-5,7,9H2. The number of alkyl halides is 1. The molecule has 1 unspecified atom stereocenters. The monoisotopic (exact) mass is 312 g/mol. The molecule has 0 saturated carbocycles. The molecule has 0 spiro atoms. The highest BCUT2D eigenvalue weighted by Crippen LogP contribution is 2.37. The SMILES string of the molecule is Fc1cccc(CC(Cl)c2cc3c(s2)CCSC3)c1. The van der Waals surface area contributed by atoms with Crippen molar-refractivity contribution in [2.24, 2.45) is 0 Å². The van der Waals surface area contributed by atoms with Gasteiger partial charge in [-0.3, -0.25) is 0 Å². The molecule has 0 bridgehead atoms. The third-order valence-electron chi connectivity index (χ3n) is 3.26. The minimum absolute atomic E-state index is 0.0533. The maximum absolute atomic E-state index is 13.2. The highest BCUT2D eigenvalue weighted by atomic mass is 35.5. The van der Waals surface area contributed by atoms with E-state index >= 15 is 0 Å². The van der Waals surface area contributed by atoms with Gasteiger partial charge in [-0.1, -0.05) is 12.1 Å². The van der Waals surface area contributed by atoms with Crippen LogP contribution >= 0.6 is 34.7 Å². The van der Waals surface area contributed by atoms with Gasteiger partial charge in [-0.05, 0) is 47.9 Å². The lowest BCUT2D eigenvalue weighted by molar-refractivity contribution is 0.625. The number of rotatable bonds is 3. The van der Waals surface area contributed by atoms with E-state index in [2.05, 4.69) is 6.07 Å². The van der Waals surface area contributed by atoms with Crippen LogP contribution in [-0.4, -0.2) is 5.75 Å². The minimum atomic E-state index is -0.191. The predicted molar refractivity (Wildman–Crippen MR) is 82.9 cm³/mol. The minimum Gasteiger partial charge on any atom is -0.207 e. The normalized spacial score (nSPS) is 16.1. The number of thioether (sulfide) groups is 1. The van der Waals surface area contributed by atoms with Crippen molar-refractivity contribution in [1.29, 1.82) is 0 Å². The molecule has 0 radical (unpaired) electrons. The fourth-order valence-electron chi connectivity index (χ4n) is 2.30. The summed E-state index contributed by atoms with van der Waals surface area (Å²) < 4.78 is 13.2. The Morgan fingerprint density at radius 1 is 1.32 bits per heavy atom. The Morgan fingerprint density at radius 2 is 2.21 bits per heavy atom. The molecule has 0 fully saturated rings. The summed E-state index contributed by atoms with van der Waals surface area (Å²) in [7, 11) is 0. The van der Waals surface area contributed by atoms with Gasteiger partial charge in [0.1, 0.15) is 5.82 Å². The van der Waals surface area contributed by atoms with Crippen LogP contribution in [0.25, 0.3) is 0 Å². The molecular formula is C15H14ClFS2. The van der Waals surface area contributed by atoms with Crippen molar-refractivity contribution < 1.29 is 4.39 Å². The van der Waals surface area contributed by atoms with E-state index in [1.807, 2.05) is 29.2 Å². The van der Waals surface area contributed by atoms with Gasteiger partial charge in [-0.15, -0.1) is 22.9 Å². The number of thiophene rings is 1. The Morgan fingerprint density at radius 3 is 3.00 bits per heavy atom. The second-order valence-corrected chi connectivity index (χ2v) is 7.50. The lowest BCUT2D eigenvalue weighted by atomic mass is 10.1. The van der Waals surface area contributed by atoms with Gasteiger partial charge in [0, 0.05) is 15.5 Å². The maximum atomic E-state index is 13.2. The summed E-state index contributed by atoms with van der Waals surface area (Å²) in [5.74, 6) is 2.13. The van der Waals surface area contributed by atoms with Crippen molar-refractivity contribution >= 4 is 34.7 Å². The first kappa shape index (κ1) is 13.5. The van der Waals surface area contributed by atoms with E-state index in [-0.39, 0.29) is 11.2 Å². The van der Waals surface area contributed by atoms with E-state index < -0.39 is 0 Å². The number of fused-ring (bicyclic) bond motifs is 1.